The van der Waals surface area contributed by atoms with Gasteiger partial charge in [-0.2, -0.15) is 0 Å². The first-order chi connectivity index (χ1) is 6.36. The first kappa shape index (κ1) is 9.99. The van der Waals surface area contributed by atoms with E-state index in [0.717, 1.165) is 31.7 Å². The highest BCUT2D eigenvalue weighted by Crippen LogP contribution is 2.04. The largest absolute Gasteiger partial charge is 0.468 e. The van der Waals surface area contributed by atoms with Crippen molar-refractivity contribution in [2.45, 2.75) is 19.9 Å². The Labute approximate surface area is 78.3 Å². The molecule has 3 heteroatoms. The van der Waals surface area contributed by atoms with Gasteiger partial charge >= 0.3 is 0 Å². The molecule has 0 bridgehead atoms. The van der Waals surface area contributed by atoms with Crippen molar-refractivity contribution in [1.82, 2.24) is 4.90 Å². The van der Waals surface area contributed by atoms with Crippen LogP contribution in [0.25, 0.3) is 0 Å². The van der Waals surface area contributed by atoms with E-state index >= 15 is 0 Å². The lowest BCUT2D eigenvalue weighted by atomic mass is 10.3. The van der Waals surface area contributed by atoms with E-state index in [9.17, 15) is 4.79 Å². The van der Waals surface area contributed by atoms with Gasteiger partial charge in [0.1, 0.15) is 12.0 Å². The summed E-state index contributed by atoms with van der Waals surface area (Å²) in [6.45, 7) is 4.61. The van der Waals surface area contributed by atoms with E-state index in [0.29, 0.717) is 6.42 Å². The molecule has 3 nitrogen and oxygen atoms in total. The van der Waals surface area contributed by atoms with Crippen molar-refractivity contribution in [3.63, 3.8) is 0 Å². The molecule has 0 radical (unpaired) electrons. The Morgan fingerprint density at radius 3 is 3.00 bits per heavy atom. The van der Waals surface area contributed by atoms with E-state index in [2.05, 4.69) is 11.8 Å². The second-order valence-corrected chi connectivity index (χ2v) is 2.90. The van der Waals surface area contributed by atoms with Crippen LogP contribution < -0.4 is 0 Å². The average molecular weight is 181 g/mol. The van der Waals surface area contributed by atoms with Crippen LogP contribution >= 0.6 is 0 Å². The number of carbonyl (C=O) groups excluding carboxylic acids is 1. The summed E-state index contributed by atoms with van der Waals surface area (Å²) in [4.78, 5) is 12.4. The molecule has 72 valence electrons. The summed E-state index contributed by atoms with van der Waals surface area (Å²) in [5.41, 5.74) is 0. The highest BCUT2D eigenvalue weighted by molar-refractivity contribution is 5.49. The van der Waals surface area contributed by atoms with Gasteiger partial charge in [0.2, 0.25) is 0 Å². The normalized spacial score (nSPS) is 10.6. The molecule has 1 aromatic heterocycles. The third kappa shape index (κ3) is 3.42. The molecular formula is C10H15NO2. The number of nitrogens with zero attached hydrogens (tertiary/aromatic N) is 1. The Kier molecular flexibility index (Phi) is 4.26. The zero-order valence-electron chi connectivity index (χ0n) is 7.90. The lowest BCUT2D eigenvalue weighted by Crippen LogP contribution is -2.23. The molecule has 0 aliphatic heterocycles. The van der Waals surface area contributed by atoms with Crippen molar-refractivity contribution in [3.05, 3.63) is 24.2 Å². The van der Waals surface area contributed by atoms with Crippen LogP contribution in [-0.4, -0.2) is 24.3 Å². The fraction of sp³-hybridized carbons (Fsp3) is 0.500. The number of carbonyl (C=O) groups is 1. The van der Waals surface area contributed by atoms with E-state index in [1.165, 1.54) is 0 Å². The third-order valence-electron chi connectivity index (χ3n) is 1.97. The molecule has 0 aliphatic rings. The molecule has 0 fully saturated rings. The van der Waals surface area contributed by atoms with Gasteiger partial charge in [-0.05, 0) is 18.7 Å². The summed E-state index contributed by atoms with van der Waals surface area (Å²) in [6, 6.07) is 3.83. The van der Waals surface area contributed by atoms with Gasteiger partial charge in [-0.15, -0.1) is 0 Å². The summed E-state index contributed by atoms with van der Waals surface area (Å²) in [5.74, 6) is 0.952. The lowest BCUT2D eigenvalue weighted by molar-refractivity contribution is -0.108. The molecule has 0 amide bonds. The van der Waals surface area contributed by atoms with Gasteiger partial charge in [0.25, 0.3) is 0 Å². The zero-order chi connectivity index (χ0) is 9.52. The second-order valence-electron chi connectivity index (χ2n) is 2.90. The molecule has 1 aromatic rings. The van der Waals surface area contributed by atoms with Crippen molar-refractivity contribution >= 4 is 6.29 Å². The SMILES string of the molecule is CCN(CCC=O)Cc1ccco1. The number of rotatable bonds is 6. The number of hydrogen-bond donors (Lipinski definition) is 0. The fourth-order valence-corrected chi connectivity index (χ4v) is 1.21. The summed E-state index contributed by atoms with van der Waals surface area (Å²) >= 11 is 0. The Bertz CT molecular complexity index is 231. The third-order valence-corrected chi connectivity index (χ3v) is 1.97. The van der Waals surface area contributed by atoms with Crippen molar-refractivity contribution in [2.24, 2.45) is 0 Å². The maximum atomic E-state index is 10.2. The van der Waals surface area contributed by atoms with Crippen LogP contribution in [0, 0.1) is 0 Å². The van der Waals surface area contributed by atoms with E-state index in [4.69, 9.17) is 4.42 Å². The van der Waals surface area contributed by atoms with Crippen LogP contribution in [-0.2, 0) is 11.3 Å². The van der Waals surface area contributed by atoms with Gasteiger partial charge in [-0.1, -0.05) is 6.92 Å². The molecule has 0 aliphatic carbocycles. The van der Waals surface area contributed by atoms with E-state index < -0.39 is 0 Å². The van der Waals surface area contributed by atoms with Gasteiger partial charge in [-0.25, -0.2) is 0 Å². The fourth-order valence-electron chi connectivity index (χ4n) is 1.21. The Hall–Kier alpha value is -1.09. The van der Waals surface area contributed by atoms with Crippen molar-refractivity contribution in [2.75, 3.05) is 13.1 Å². The quantitative estimate of drug-likeness (QED) is 0.626. The van der Waals surface area contributed by atoms with Crippen molar-refractivity contribution < 1.29 is 9.21 Å². The Morgan fingerprint density at radius 1 is 1.62 bits per heavy atom. The Morgan fingerprint density at radius 2 is 2.46 bits per heavy atom. The van der Waals surface area contributed by atoms with Gasteiger partial charge in [0, 0.05) is 13.0 Å². The maximum Gasteiger partial charge on any atom is 0.121 e. The van der Waals surface area contributed by atoms with Gasteiger partial charge in [-0.3, -0.25) is 4.90 Å². The highest BCUT2D eigenvalue weighted by Gasteiger charge is 2.04. The topological polar surface area (TPSA) is 33.5 Å². The first-order valence-electron chi connectivity index (χ1n) is 4.55. The molecule has 1 rings (SSSR count). The van der Waals surface area contributed by atoms with Crippen molar-refractivity contribution in [3.8, 4) is 0 Å². The standard InChI is InChI=1S/C10H15NO2/c1-2-11(6-4-7-12)9-10-5-3-8-13-10/h3,5,7-8H,2,4,6,9H2,1H3. The smallest absolute Gasteiger partial charge is 0.121 e. The molecule has 1 heterocycles. The minimum absolute atomic E-state index is 0.592. The van der Waals surface area contributed by atoms with Crippen LogP contribution in [0.3, 0.4) is 0 Å². The van der Waals surface area contributed by atoms with E-state index in [-0.39, 0.29) is 0 Å². The number of furan rings is 1. The summed E-state index contributed by atoms with van der Waals surface area (Å²) in [7, 11) is 0. The monoisotopic (exact) mass is 181 g/mol. The minimum Gasteiger partial charge on any atom is -0.468 e. The molecule has 0 aromatic carbocycles. The molecular weight excluding hydrogens is 166 g/mol. The summed E-state index contributed by atoms with van der Waals surface area (Å²) in [6.07, 6.45) is 3.21. The molecule has 0 atom stereocenters. The van der Waals surface area contributed by atoms with Crippen LogP contribution in [0.15, 0.2) is 22.8 Å². The van der Waals surface area contributed by atoms with Gasteiger partial charge in [0.05, 0.1) is 12.8 Å². The lowest BCUT2D eigenvalue weighted by Gasteiger charge is -2.17. The van der Waals surface area contributed by atoms with Crippen LogP contribution in [0.5, 0.6) is 0 Å². The van der Waals surface area contributed by atoms with Crippen LogP contribution in [0.4, 0.5) is 0 Å². The zero-order valence-corrected chi connectivity index (χ0v) is 7.90. The Balaban J connectivity index is 2.35. The first-order valence-corrected chi connectivity index (χ1v) is 4.55. The molecule has 0 spiro atoms. The van der Waals surface area contributed by atoms with Gasteiger partial charge in [0.15, 0.2) is 0 Å². The molecule has 0 N–H and O–H groups in total. The summed E-state index contributed by atoms with van der Waals surface area (Å²) < 4.78 is 5.22. The van der Waals surface area contributed by atoms with Crippen LogP contribution in [0.2, 0.25) is 0 Å². The number of aldehydes is 1. The maximum absolute atomic E-state index is 10.2. The van der Waals surface area contributed by atoms with E-state index in [1.54, 1.807) is 6.26 Å². The van der Waals surface area contributed by atoms with Crippen LogP contribution in [0.1, 0.15) is 19.1 Å². The predicted octanol–water partition coefficient (Wildman–Crippen LogP) is 1.69. The molecule has 13 heavy (non-hydrogen) atoms. The highest BCUT2D eigenvalue weighted by atomic mass is 16.3. The molecule has 0 saturated heterocycles. The minimum atomic E-state index is 0.592. The number of hydrogen-bond acceptors (Lipinski definition) is 3. The second kappa shape index (κ2) is 5.54. The van der Waals surface area contributed by atoms with Crippen molar-refractivity contribution in [1.29, 1.82) is 0 Å². The predicted molar refractivity (Wildman–Crippen MR) is 50.3 cm³/mol. The van der Waals surface area contributed by atoms with E-state index in [1.807, 2.05) is 12.1 Å². The average Bonchev–Trinajstić information content (AvgIpc) is 2.64. The summed E-state index contributed by atoms with van der Waals surface area (Å²) in [5, 5.41) is 0. The molecule has 0 saturated carbocycles. The molecule has 0 unspecified atom stereocenters. The van der Waals surface area contributed by atoms with Gasteiger partial charge < -0.3 is 9.21 Å².